The van der Waals surface area contributed by atoms with E-state index < -0.39 is 39.4 Å². The summed E-state index contributed by atoms with van der Waals surface area (Å²) in [5.41, 5.74) is -1.43. The average Bonchev–Trinajstić information content (AvgIpc) is 2.46. The van der Waals surface area contributed by atoms with Crippen LogP contribution in [0.5, 0.6) is 5.75 Å². The molecule has 1 aromatic rings. The maximum atomic E-state index is 11.6. The van der Waals surface area contributed by atoms with Gasteiger partial charge in [0.2, 0.25) is 5.78 Å². The zero-order chi connectivity index (χ0) is 16.9. The Balaban J connectivity index is 3.28. The Morgan fingerprint density at radius 3 is 2.18 bits per heavy atom. The topological polar surface area (TPSA) is 139 Å². The summed E-state index contributed by atoms with van der Waals surface area (Å²) < 4.78 is 9.28. The van der Waals surface area contributed by atoms with Crippen LogP contribution >= 0.6 is 0 Å². The van der Waals surface area contributed by atoms with Crippen molar-refractivity contribution < 1.29 is 28.9 Å². The molecule has 0 N–H and O–H groups in total. The standard InChI is InChI=1S/C12H12N2O8/c1-3-22-12(16)10(15)4-7-5-11(21-2)9(14(19)20)6-8(7)13(17)18/h5-6H,3-4H2,1-2H3. The number of rotatable bonds is 7. The highest BCUT2D eigenvalue weighted by atomic mass is 16.6. The van der Waals surface area contributed by atoms with Gasteiger partial charge in [0.25, 0.3) is 5.69 Å². The van der Waals surface area contributed by atoms with Crippen LogP contribution in [0.1, 0.15) is 12.5 Å². The third kappa shape index (κ3) is 3.75. The van der Waals surface area contributed by atoms with Gasteiger partial charge < -0.3 is 9.47 Å². The van der Waals surface area contributed by atoms with Crippen molar-refractivity contribution in [1.29, 1.82) is 0 Å². The smallest absolute Gasteiger partial charge is 0.374 e. The number of nitro benzene ring substituents is 2. The molecule has 118 valence electrons. The Bertz CT molecular complexity index is 640. The molecule has 0 heterocycles. The van der Waals surface area contributed by atoms with Crippen molar-refractivity contribution in [2.45, 2.75) is 13.3 Å². The first-order chi connectivity index (χ1) is 10.3. The normalized spacial score (nSPS) is 9.91. The lowest BCUT2D eigenvalue weighted by Crippen LogP contribution is -2.20. The zero-order valence-corrected chi connectivity index (χ0v) is 11.7. The predicted molar refractivity (Wildman–Crippen MR) is 71.6 cm³/mol. The largest absolute Gasteiger partial charge is 0.490 e. The van der Waals surface area contributed by atoms with Crippen LogP contribution in [0.25, 0.3) is 0 Å². The number of carbonyl (C=O) groups is 2. The van der Waals surface area contributed by atoms with Crippen LogP contribution in [-0.2, 0) is 20.7 Å². The van der Waals surface area contributed by atoms with Crippen LogP contribution in [-0.4, -0.2) is 35.3 Å². The Morgan fingerprint density at radius 1 is 1.14 bits per heavy atom. The highest BCUT2D eigenvalue weighted by molar-refractivity contribution is 6.34. The lowest BCUT2D eigenvalue weighted by Gasteiger charge is -2.06. The van der Waals surface area contributed by atoms with Gasteiger partial charge in [-0.05, 0) is 13.0 Å². The molecule has 0 saturated heterocycles. The minimum absolute atomic E-state index is 0.0176. The number of ether oxygens (including phenoxy) is 2. The van der Waals surface area contributed by atoms with E-state index >= 15 is 0 Å². The van der Waals surface area contributed by atoms with Crippen molar-refractivity contribution >= 4 is 23.1 Å². The highest BCUT2D eigenvalue weighted by Crippen LogP contribution is 2.34. The van der Waals surface area contributed by atoms with E-state index in [0.29, 0.717) is 6.07 Å². The van der Waals surface area contributed by atoms with Crippen molar-refractivity contribution in [2.24, 2.45) is 0 Å². The summed E-state index contributed by atoms with van der Waals surface area (Å²) in [7, 11) is 1.14. The van der Waals surface area contributed by atoms with Gasteiger partial charge in [0.05, 0.1) is 29.6 Å². The molecule has 0 fully saturated rings. The Morgan fingerprint density at radius 2 is 1.73 bits per heavy atom. The number of hydrogen-bond acceptors (Lipinski definition) is 8. The summed E-state index contributed by atoms with van der Waals surface area (Å²) in [6, 6.07) is 1.68. The van der Waals surface area contributed by atoms with Gasteiger partial charge in [-0.1, -0.05) is 0 Å². The SMILES string of the molecule is CCOC(=O)C(=O)Cc1cc(OC)c([N+](=O)[O-])cc1[N+](=O)[O-]. The van der Waals surface area contributed by atoms with Gasteiger partial charge in [0.15, 0.2) is 5.75 Å². The van der Waals surface area contributed by atoms with E-state index in [9.17, 15) is 29.8 Å². The fourth-order valence-electron chi connectivity index (χ4n) is 1.67. The number of hydrogen-bond donors (Lipinski definition) is 0. The van der Waals surface area contributed by atoms with Crippen molar-refractivity contribution in [1.82, 2.24) is 0 Å². The fraction of sp³-hybridized carbons (Fsp3) is 0.333. The minimum Gasteiger partial charge on any atom is -0.490 e. The van der Waals surface area contributed by atoms with Crippen LogP contribution in [0.4, 0.5) is 11.4 Å². The van der Waals surface area contributed by atoms with Crippen molar-refractivity contribution in [3.63, 3.8) is 0 Å². The van der Waals surface area contributed by atoms with E-state index in [0.717, 1.165) is 13.2 Å². The molecule has 10 heteroatoms. The molecular formula is C12H12N2O8. The van der Waals surface area contributed by atoms with Crippen LogP contribution in [0.2, 0.25) is 0 Å². The maximum Gasteiger partial charge on any atom is 0.374 e. The Kier molecular flexibility index (Phi) is 5.50. The van der Waals surface area contributed by atoms with E-state index in [1.165, 1.54) is 6.92 Å². The lowest BCUT2D eigenvalue weighted by molar-refractivity contribution is -0.395. The molecule has 0 amide bonds. The molecule has 0 aliphatic carbocycles. The number of carbonyl (C=O) groups excluding carboxylic acids is 2. The van der Waals surface area contributed by atoms with E-state index in [1.807, 2.05) is 0 Å². The predicted octanol–water partition coefficient (Wildman–Crippen LogP) is 1.19. The molecule has 0 aromatic heterocycles. The molecule has 0 radical (unpaired) electrons. The van der Waals surface area contributed by atoms with Crippen LogP contribution in [0.3, 0.4) is 0 Å². The van der Waals surface area contributed by atoms with E-state index in [-0.39, 0.29) is 17.9 Å². The third-order valence-electron chi connectivity index (χ3n) is 2.63. The zero-order valence-electron chi connectivity index (χ0n) is 11.7. The second-order valence-electron chi connectivity index (χ2n) is 3.99. The van der Waals surface area contributed by atoms with Gasteiger partial charge in [-0.3, -0.25) is 25.0 Å². The number of ketones is 1. The number of methoxy groups -OCH3 is 1. The summed E-state index contributed by atoms with van der Waals surface area (Å²) in [6.07, 6.45) is -0.622. The third-order valence-corrected chi connectivity index (χ3v) is 2.63. The molecule has 0 atom stereocenters. The number of nitrogens with zero attached hydrogens (tertiary/aromatic N) is 2. The van der Waals surface area contributed by atoms with Gasteiger partial charge in [-0.2, -0.15) is 0 Å². The van der Waals surface area contributed by atoms with E-state index in [4.69, 9.17) is 4.74 Å². The summed E-state index contributed by atoms with van der Waals surface area (Å²) in [4.78, 5) is 43.0. The van der Waals surface area contributed by atoms with E-state index in [1.54, 1.807) is 0 Å². The molecule has 0 aliphatic rings. The summed E-state index contributed by atoms with van der Waals surface area (Å²) in [6.45, 7) is 1.48. The van der Waals surface area contributed by atoms with Crippen molar-refractivity contribution in [2.75, 3.05) is 13.7 Å². The quantitative estimate of drug-likeness (QED) is 0.316. The summed E-state index contributed by atoms with van der Waals surface area (Å²) in [5.74, 6) is -2.38. The van der Waals surface area contributed by atoms with Gasteiger partial charge in [-0.15, -0.1) is 0 Å². The molecule has 0 aliphatic heterocycles. The second kappa shape index (κ2) is 7.11. The molecule has 0 saturated carbocycles. The Labute approximate surface area is 123 Å². The molecule has 1 aromatic carbocycles. The molecule has 0 unspecified atom stereocenters. The average molecular weight is 312 g/mol. The van der Waals surface area contributed by atoms with Crippen LogP contribution in [0, 0.1) is 20.2 Å². The first kappa shape index (κ1) is 17.0. The first-order valence-corrected chi connectivity index (χ1v) is 6.01. The minimum atomic E-state index is -1.13. The summed E-state index contributed by atoms with van der Waals surface area (Å²) >= 11 is 0. The van der Waals surface area contributed by atoms with Gasteiger partial charge in [0.1, 0.15) is 0 Å². The van der Waals surface area contributed by atoms with Crippen LogP contribution in [0.15, 0.2) is 12.1 Å². The fourth-order valence-corrected chi connectivity index (χ4v) is 1.67. The monoisotopic (exact) mass is 312 g/mol. The van der Waals surface area contributed by atoms with Gasteiger partial charge >= 0.3 is 11.7 Å². The van der Waals surface area contributed by atoms with Crippen molar-refractivity contribution in [3.05, 3.63) is 37.9 Å². The summed E-state index contributed by atoms with van der Waals surface area (Å²) in [5, 5.41) is 21.8. The van der Waals surface area contributed by atoms with Gasteiger partial charge in [0, 0.05) is 12.0 Å². The number of Topliss-reactive ketones (excluding diaryl/α,β-unsaturated/α-hetero) is 1. The number of benzene rings is 1. The molecule has 22 heavy (non-hydrogen) atoms. The molecule has 1 rings (SSSR count). The van der Waals surface area contributed by atoms with E-state index in [2.05, 4.69) is 4.74 Å². The molecule has 0 bridgehead atoms. The van der Waals surface area contributed by atoms with Crippen molar-refractivity contribution in [3.8, 4) is 5.75 Å². The molecular weight excluding hydrogens is 300 g/mol. The first-order valence-electron chi connectivity index (χ1n) is 6.01. The molecule has 0 spiro atoms. The second-order valence-corrected chi connectivity index (χ2v) is 3.99. The maximum absolute atomic E-state index is 11.6. The number of nitro groups is 2. The van der Waals surface area contributed by atoms with Crippen LogP contribution < -0.4 is 4.74 Å². The number of esters is 1. The van der Waals surface area contributed by atoms with Gasteiger partial charge in [-0.25, -0.2) is 4.79 Å². The highest BCUT2D eigenvalue weighted by Gasteiger charge is 2.28. The Hall–Kier alpha value is -3.04. The molecule has 10 nitrogen and oxygen atoms in total. The lowest BCUT2D eigenvalue weighted by atomic mass is 10.1.